The van der Waals surface area contributed by atoms with Crippen LogP contribution >= 0.6 is 0 Å². The van der Waals surface area contributed by atoms with Gasteiger partial charge in [0, 0.05) is 38.9 Å². The van der Waals surface area contributed by atoms with Crippen LogP contribution in [0.2, 0.25) is 0 Å². The highest BCUT2D eigenvalue weighted by Crippen LogP contribution is 2.29. The summed E-state index contributed by atoms with van der Waals surface area (Å²) in [6.07, 6.45) is 3.10. The van der Waals surface area contributed by atoms with Crippen molar-refractivity contribution in [3.63, 3.8) is 0 Å². The van der Waals surface area contributed by atoms with E-state index in [9.17, 15) is 4.79 Å². The molecule has 3 heterocycles. The minimum atomic E-state index is 0.148. The van der Waals surface area contributed by atoms with Gasteiger partial charge in [-0.1, -0.05) is 12.1 Å². The minimum absolute atomic E-state index is 0.148. The summed E-state index contributed by atoms with van der Waals surface area (Å²) >= 11 is 0. The van der Waals surface area contributed by atoms with Crippen LogP contribution in [0.4, 0.5) is 0 Å². The summed E-state index contributed by atoms with van der Waals surface area (Å²) < 4.78 is 12.6. The average molecular weight is 394 g/mol. The standard InChI is InChI=1S/C22H26N4O3/c1-28-13-12-26-21(24-19-4-3-10-23-22(19)26)17-9-11-25(15-17)20(27)14-16-5-7-18(29-2)8-6-16/h3-8,10,17H,9,11-15H2,1-2H3/t17-/m0/s1. The number of methoxy groups -OCH3 is 2. The molecule has 0 radical (unpaired) electrons. The largest absolute Gasteiger partial charge is 0.497 e. The van der Waals surface area contributed by atoms with Gasteiger partial charge in [-0.2, -0.15) is 0 Å². The van der Waals surface area contributed by atoms with Crippen LogP contribution in [0, 0.1) is 0 Å². The fraction of sp³-hybridized carbons (Fsp3) is 0.409. The van der Waals surface area contributed by atoms with Crippen LogP contribution in [0.3, 0.4) is 0 Å². The molecule has 1 saturated heterocycles. The molecule has 3 aromatic rings. The molecular weight excluding hydrogens is 368 g/mol. The monoisotopic (exact) mass is 394 g/mol. The smallest absolute Gasteiger partial charge is 0.227 e. The third kappa shape index (κ3) is 4.10. The fourth-order valence-corrected chi connectivity index (χ4v) is 3.92. The van der Waals surface area contributed by atoms with Crippen LogP contribution in [0.5, 0.6) is 5.75 Å². The second kappa shape index (κ2) is 8.61. The Hall–Kier alpha value is -2.93. The fourth-order valence-electron chi connectivity index (χ4n) is 3.92. The number of fused-ring (bicyclic) bond motifs is 1. The maximum absolute atomic E-state index is 12.8. The third-order valence-electron chi connectivity index (χ3n) is 5.47. The Bertz CT molecular complexity index is 983. The van der Waals surface area contributed by atoms with E-state index in [0.29, 0.717) is 26.1 Å². The minimum Gasteiger partial charge on any atom is -0.497 e. The number of benzene rings is 1. The second-order valence-corrected chi connectivity index (χ2v) is 7.31. The van der Waals surface area contributed by atoms with Gasteiger partial charge in [0.05, 0.1) is 20.1 Å². The van der Waals surface area contributed by atoms with Gasteiger partial charge in [-0.25, -0.2) is 9.97 Å². The maximum Gasteiger partial charge on any atom is 0.227 e. The maximum atomic E-state index is 12.8. The van der Waals surface area contributed by atoms with E-state index < -0.39 is 0 Å². The van der Waals surface area contributed by atoms with Crippen LogP contribution in [0.1, 0.15) is 23.7 Å². The van der Waals surface area contributed by atoms with Crippen LogP contribution < -0.4 is 4.74 Å². The summed E-state index contributed by atoms with van der Waals surface area (Å²) in [4.78, 5) is 24.1. The van der Waals surface area contributed by atoms with Crippen LogP contribution in [-0.2, 0) is 22.5 Å². The first-order valence-corrected chi connectivity index (χ1v) is 9.90. The molecule has 0 bridgehead atoms. The quantitative estimate of drug-likeness (QED) is 0.616. The Morgan fingerprint density at radius 3 is 2.79 bits per heavy atom. The number of carbonyl (C=O) groups is 1. The second-order valence-electron chi connectivity index (χ2n) is 7.31. The lowest BCUT2D eigenvalue weighted by molar-refractivity contribution is -0.129. The summed E-state index contributed by atoms with van der Waals surface area (Å²) in [5, 5.41) is 0. The van der Waals surface area contributed by atoms with Crippen molar-refractivity contribution in [2.24, 2.45) is 0 Å². The van der Waals surface area contributed by atoms with Gasteiger partial charge >= 0.3 is 0 Å². The van der Waals surface area contributed by atoms with E-state index in [1.54, 1.807) is 20.4 Å². The zero-order chi connectivity index (χ0) is 20.2. The Balaban J connectivity index is 1.48. The first kappa shape index (κ1) is 19.4. The number of ether oxygens (including phenoxy) is 2. The van der Waals surface area contributed by atoms with Gasteiger partial charge in [0.15, 0.2) is 5.65 Å². The van der Waals surface area contributed by atoms with Crippen molar-refractivity contribution >= 4 is 17.1 Å². The molecule has 1 amide bonds. The lowest BCUT2D eigenvalue weighted by atomic mass is 10.1. The van der Waals surface area contributed by atoms with Crippen LogP contribution in [-0.4, -0.2) is 59.3 Å². The molecule has 0 saturated carbocycles. The molecule has 1 aliphatic rings. The van der Waals surface area contributed by atoms with Crippen molar-refractivity contribution in [2.45, 2.75) is 25.3 Å². The molecule has 152 valence electrons. The van der Waals surface area contributed by atoms with Crippen molar-refractivity contribution in [1.82, 2.24) is 19.4 Å². The van der Waals surface area contributed by atoms with Crippen LogP contribution in [0.15, 0.2) is 42.6 Å². The zero-order valence-electron chi connectivity index (χ0n) is 16.9. The summed E-state index contributed by atoms with van der Waals surface area (Å²) in [7, 11) is 3.33. The number of amides is 1. The van der Waals surface area contributed by atoms with Gasteiger partial charge in [0.1, 0.15) is 17.1 Å². The van der Waals surface area contributed by atoms with E-state index in [1.807, 2.05) is 41.3 Å². The molecule has 0 unspecified atom stereocenters. The Morgan fingerprint density at radius 1 is 1.21 bits per heavy atom. The lowest BCUT2D eigenvalue weighted by Gasteiger charge is -2.17. The van der Waals surface area contributed by atoms with Crippen molar-refractivity contribution in [2.75, 3.05) is 33.9 Å². The molecule has 29 heavy (non-hydrogen) atoms. The molecule has 7 nitrogen and oxygen atoms in total. The molecule has 1 fully saturated rings. The van der Waals surface area contributed by atoms with Gasteiger partial charge in [0.2, 0.25) is 5.91 Å². The van der Waals surface area contributed by atoms with Crippen LogP contribution in [0.25, 0.3) is 11.2 Å². The van der Waals surface area contributed by atoms with Gasteiger partial charge in [-0.05, 0) is 36.2 Å². The predicted molar refractivity (Wildman–Crippen MR) is 110 cm³/mol. The van der Waals surface area contributed by atoms with Gasteiger partial charge in [-0.15, -0.1) is 0 Å². The van der Waals surface area contributed by atoms with Crippen molar-refractivity contribution in [1.29, 1.82) is 0 Å². The van der Waals surface area contributed by atoms with Crippen molar-refractivity contribution in [3.05, 3.63) is 54.0 Å². The summed E-state index contributed by atoms with van der Waals surface area (Å²) in [5.74, 6) is 2.15. The number of nitrogens with zero attached hydrogens (tertiary/aromatic N) is 4. The number of aromatic nitrogens is 3. The van der Waals surface area contributed by atoms with Gasteiger partial charge in [0.25, 0.3) is 0 Å². The van der Waals surface area contributed by atoms with E-state index in [-0.39, 0.29) is 11.8 Å². The van der Waals surface area contributed by atoms with Crippen molar-refractivity contribution in [3.8, 4) is 5.75 Å². The Kier molecular flexibility index (Phi) is 5.76. The number of hydrogen-bond acceptors (Lipinski definition) is 5. The third-order valence-corrected chi connectivity index (χ3v) is 5.47. The molecular formula is C22H26N4O3. The number of pyridine rings is 1. The first-order chi connectivity index (χ1) is 14.2. The predicted octanol–water partition coefficient (Wildman–Crippen LogP) is 2.64. The van der Waals surface area contributed by atoms with E-state index in [4.69, 9.17) is 14.5 Å². The highest BCUT2D eigenvalue weighted by atomic mass is 16.5. The Labute approximate surface area is 170 Å². The van der Waals surface area contributed by atoms with E-state index in [1.165, 1.54) is 0 Å². The molecule has 1 atom stereocenters. The lowest BCUT2D eigenvalue weighted by Crippen LogP contribution is -2.30. The normalized spacial score (nSPS) is 16.5. The Morgan fingerprint density at radius 2 is 2.03 bits per heavy atom. The van der Waals surface area contributed by atoms with E-state index in [2.05, 4.69) is 9.55 Å². The SMILES string of the molecule is COCCn1c([C@H]2CCN(C(=O)Cc3ccc(OC)cc3)C2)nc2cccnc21. The van der Waals surface area contributed by atoms with Gasteiger partial charge in [-0.3, -0.25) is 4.79 Å². The summed E-state index contributed by atoms with van der Waals surface area (Å²) in [5.41, 5.74) is 2.76. The average Bonchev–Trinajstić information content (AvgIpc) is 3.38. The molecule has 4 rings (SSSR count). The number of rotatable bonds is 7. The summed E-state index contributed by atoms with van der Waals surface area (Å²) in [6, 6.07) is 11.6. The number of likely N-dealkylation sites (tertiary alicyclic amines) is 1. The topological polar surface area (TPSA) is 69.5 Å². The molecule has 2 aromatic heterocycles. The molecule has 0 aliphatic carbocycles. The van der Waals surface area contributed by atoms with Gasteiger partial charge < -0.3 is 18.9 Å². The summed E-state index contributed by atoms with van der Waals surface area (Å²) in [6.45, 7) is 2.74. The molecule has 0 N–H and O–H groups in total. The molecule has 1 aliphatic heterocycles. The van der Waals surface area contributed by atoms with E-state index >= 15 is 0 Å². The highest BCUT2D eigenvalue weighted by molar-refractivity contribution is 5.79. The molecule has 7 heteroatoms. The number of imidazole rings is 1. The van der Waals surface area contributed by atoms with E-state index in [0.717, 1.165) is 41.3 Å². The zero-order valence-corrected chi connectivity index (χ0v) is 16.9. The highest BCUT2D eigenvalue weighted by Gasteiger charge is 2.31. The number of carbonyl (C=O) groups excluding carboxylic acids is 1. The molecule has 1 aromatic carbocycles. The molecule has 0 spiro atoms. The first-order valence-electron chi connectivity index (χ1n) is 9.90. The van der Waals surface area contributed by atoms with Crippen molar-refractivity contribution < 1.29 is 14.3 Å². The number of hydrogen-bond donors (Lipinski definition) is 0.